The second kappa shape index (κ2) is 6.39. The standard InChI is InChI=1S/C14H21NO3S/c1-2-8-19(16,17)9-7-15-11-13-10-12-5-3-4-6-14(12)18-13/h3-6,13,15H,2,7-11H2,1H3. The van der Waals surface area contributed by atoms with E-state index in [1.807, 2.05) is 25.1 Å². The van der Waals surface area contributed by atoms with Crippen LogP contribution < -0.4 is 10.1 Å². The van der Waals surface area contributed by atoms with E-state index >= 15 is 0 Å². The quantitative estimate of drug-likeness (QED) is 0.769. The van der Waals surface area contributed by atoms with Gasteiger partial charge in [-0.2, -0.15) is 0 Å². The normalized spacial score (nSPS) is 18.1. The molecule has 0 saturated heterocycles. The van der Waals surface area contributed by atoms with Crippen LogP contribution in [0.2, 0.25) is 0 Å². The molecule has 0 saturated carbocycles. The van der Waals surface area contributed by atoms with E-state index in [0.717, 1.165) is 12.2 Å². The molecular formula is C14H21NO3S. The Morgan fingerprint density at radius 2 is 2.11 bits per heavy atom. The zero-order chi connectivity index (χ0) is 13.7. The smallest absolute Gasteiger partial charge is 0.151 e. The summed E-state index contributed by atoms with van der Waals surface area (Å²) in [4.78, 5) is 0. The topological polar surface area (TPSA) is 55.4 Å². The lowest BCUT2D eigenvalue weighted by molar-refractivity contribution is 0.229. The van der Waals surface area contributed by atoms with Crippen LogP contribution in [0.1, 0.15) is 18.9 Å². The van der Waals surface area contributed by atoms with E-state index in [0.29, 0.717) is 19.5 Å². The number of fused-ring (bicyclic) bond motifs is 1. The van der Waals surface area contributed by atoms with E-state index in [1.54, 1.807) is 0 Å². The average Bonchev–Trinajstić information content (AvgIpc) is 2.77. The minimum atomic E-state index is -2.88. The van der Waals surface area contributed by atoms with Crippen molar-refractivity contribution in [3.05, 3.63) is 29.8 Å². The van der Waals surface area contributed by atoms with Gasteiger partial charge in [0.25, 0.3) is 0 Å². The van der Waals surface area contributed by atoms with Crippen molar-refractivity contribution in [1.82, 2.24) is 5.32 Å². The van der Waals surface area contributed by atoms with Gasteiger partial charge in [-0.15, -0.1) is 0 Å². The zero-order valence-corrected chi connectivity index (χ0v) is 12.1. The first-order valence-corrected chi connectivity index (χ1v) is 8.58. The number of hydrogen-bond acceptors (Lipinski definition) is 4. The molecule has 5 heteroatoms. The van der Waals surface area contributed by atoms with Crippen molar-refractivity contribution in [3.8, 4) is 5.75 Å². The Balaban J connectivity index is 1.69. The van der Waals surface area contributed by atoms with Gasteiger partial charge >= 0.3 is 0 Å². The van der Waals surface area contributed by atoms with Gasteiger partial charge in [0.1, 0.15) is 11.9 Å². The van der Waals surface area contributed by atoms with E-state index in [2.05, 4.69) is 11.4 Å². The molecule has 19 heavy (non-hydrogen) atoms. The fourth-order valence-corrected chi connectivity index (χ4v) is 3.55. The molecule has 1 heterocycles. The maximum Gasteiger partial charge on any atom is 0.151 e. The van der Waals surface area contributed by atoms with E-state index < -0.39 is 9.84 Å². The highest BCUT2D eigenvalue weighted by molar-refractivity contribution is 7.91. The van der Waals surface area contributed by atoms with Gasteiger partial charge in [0, 0.05) is 25.3 Å². The average molecular weight is 283 g/mol. The molecule has 1 aromatic rings. The van der Waals surface area contributed by atoms with Crippen molar-refractivity contribution < 1.29 is 13.2 Å². The third kappa shape index (κ3) is 4.21. The molecule has 1 aliphatic heterocycles. The first-order valence-electron chi connectivity index (χ1n) is 6.76. The summed E-state index contributed by atoms with van der Waals surface area (Å²) >= 11 is 0. The second-order valence-electron chi connectivity index (χ2n) is 4.91. The Bertz CT molecular complexity index is 488. The lowest BCUT2D eigenvalue weighted by atomic mass is 10.1. The number of rotatable bonds is 7. The van der Waals surface area contributed by atoms with Crippen molar-refractivity contribution in [2.75, 3.05) is 24.6 Å². The predicted molar refractivity (Wildman–Crippen MR) is 76.4 cm³/mol. The lowest BCUT2D eigenvalue weighted by Crippen LogP contribution is -2.33. The van der Waals surface area contributed by atoms with Crippen LogP contribution in [0, 0.1) is 0 Å². The molecule has 1 N–H and O–H groups in total. The second-order valence-corrected chi connectivity index (χ2v) is 7.21. The van der Waals surface area contributed by atoms with Crippen molar-refractivity contribution in [1.29, 1.82) is 0 Å². The molecule has 4 nitrogen and oxygen atoms in total. The monoisotopic (exact) mass is 283 g/mol. The minimum Gasteiger partial charge on any atom is -0.488 e. The first kappa shape index (κ1) is 14.3. The highest BCUT2D eigenvalue weighted by Gasteiger charge is 2.21. The number of nitrogens with one attached hydrogen (secondary N) is 1. The van der Waals surface area contributed by atoms with Crippen LogP contribution in [-0.2, 0) is 16.3 Å². The van der Waals surface area contributed by atoms with Crippen molar-refractivity contribution in [2.45, 2.75) is 25.9 Å². The molecule has 1 aromatic carbocycles. The molecule has 106 valence electrons. The largest absolute Gasteiger partial charge is 0.488 e. The molecule has 0 aliphatic carbocycles. The maximum absolute atomic E-state index is 11.5. The Hall–Kier alpha value is -1.07. The van der Waals surface area contributed by atoms with Crippen LogP contribution in [0.25, 0.3) is 0 Å². The molecular weight excluding hydrogens is 262 g/mol. The summed E-state index contributed by atoms with van der Waals surface area (Å²) in [5.74, 6) is 1.44. The Morgan fingerprint density at radius 3 is 2.84 bits per heavy atom. The Labute approximate surface area is 115 Å². The van der Waals surface area contributed by atoms with Gasteiger partial charge in [-0.1, -0.05) is 25.1 Å². The van der Waals surface area contributed by atoms with E-state index in [-0.39, 0.29) is 17.6 Å². The number of para-hydroxylation sites is 1. The van der Waals surface area contributed by atoms with Crippen molar-refractivity contribution in [2.24, 2.45) is 0 Å². The zero-order valence-electron chi connectivity index (χ0n) is 11.3. The summed E-state index contributed by atoms with van der Waals surface area (Å²) in [5.41, 5.74) is 1.23. The highest BCUT2D eigenvalue weighted by atomic mass is 32.2. The molecule has 0 spiro atoms. The molecule has 1 unspecified atom stereocenters. The number of benzene rings is 1. The van der Waals surface area contributed by atoms with Crippen molar-refractivity contribution >= 4 is 9.84 Å². The minimum absolute atomic E-state index is 0.117. The Kier molecular flexibility index (Phi) is 4.82. The van der Waals surface area contributed by atoms with Gasteiger partial charge in [-0.05, 0) is 18.1 Å². The number of sulfone groups is 1. The van der Waals surface area contributed by atoms with Crippen LogP contribution >= 0.6 is 0 Å². The van der Waals surface area contributed by atoms with Gasteiger partial charge in [0.15, 0.2) is 9.84 Å². The van der Waals surface area contributed by atoms with Gasteiger partial charge in [0.05, 0.1) is 5.75 Å². The number of ether oxygens (including phenoxy) is 1. The first-order chi connectivity index (χ1) is 9.11. The number of hydrogen-bond donors (Lipinski definition) is 1. The molecule has 0 fully saturated rings. The lowest BCUT2D eigenvalue weighted by Gasteiger charge is -2.11. The third-order valence-corrected chi connectivity index (χ3v) is 5.05. The van der Waals surface area contributed by atoms with E-state index in [4.69, 9.17) is 4.74 Å². The summed E-state index contributed by atoms with van der Waals surface area (Å²) in [5, 5.41) is 3.17. The SMILES string of the molecule is CCCS(=O)(=O)CCNCC1Cc2ccccc2O1. The molecule has 1 atom stereocenters. The van der Waals surface area contributed by atoms with Crippen LogP contribution in [0.3, 0.4) is 0 Å². The van der Waals surface area contributed by atoms with Crippen LogP contribution in [-0.4, -0.2) is 39.1 Å². The summed E-state index contributed by atoms with van der Waals surface area (Å²) in [7, 11) is -2.88. The maximum atomic E-state index is 11.5. The molecule has 2 rings (SSSR count). The highest BCUT2D eigenvalue weighted by Crippen LogP contribution is 2.27. The Morgan fingerprint density at radius 1 is 1.32 bits per heavy atom. The van der Waals surface area contributed by atoms with Gasteiger partial charge in [-0.3, -0.25) is 0 Å². The molecule has 1 aliphatic rings. The molecule has 0 radical (unpaired) electrons. The molecule has 0 aromatic heterocycles. The summed E-state index contributed by atoms with van der Waals surface area (Å²) in [6.07, 6.45) is 1.69. The predicted octanol–water partition coefficient (Wildman–Crippen LogP) is 1.40. The van der Waals surface area contributed by atoms with E-state index in [9.17, 15) is 8.42 Å². The van der Waals surface area contributed by atoms with Crippen LogP contribution in [0.5, 0.6) is 5.75 Å². The fourth-order valence-electron chi connectivity index (χ4n) is 2.27. The molecule has 0 bridgehead atoms. The van der Waals surface area contributed by atoms with Gasteiger partial charge in [-0.25, -0.2) is 8.42 Å². The van der Waals surface area contributed by atoms with Crippen molar-refractivity contribution in [3.63, 3.8) is 0 Å². The summed E-state index contributed by atoms with van der Waals surface area (Å²) in [6.45, 7) is 3.07. The van der Waals surface area contributed by atoms with E-state index in [1.165, 1.54) is 5.56 Å². The van der Waals surface area contributed by atoms with Crippen LogP contribution in [0.15, 0.2) is 24.3 Å². The van der Waals surface area contributed by atoms with Crippen LogP contribution in [0.4, 0.5) is 0 Å². The third-order valence-electron chi connectivity index (χ3n) is 3.19. The summed E-state index contributed by atoms with van der Waals surface area (Å²) < 4.78 is 28.8. The fraction of sp³-hybridized carbons (Fsp3) is 0.571. The van der Waals surface area contributed by atoms with Gasteiger partial charge in [0.2, 0.25) is 0 Å². The van der Waals surface area contributed by atoms with Gasteiger partial charge < -0.3 is 10.1 Å². The summed E-state index contributed by atoms with van der Waals surface area (Å²) in [6, 6.07) is 8.02. The molecule has 0 amide bonds.